The molecule has 0 bridgehead atoms. The summed E-state index contributed by atoms with van der Waals surface area (Å²) >= 11 is 0. The summed E-state index contributed by atoms with van der Waals surface area (Å²) in [7, 11) is 0. The topological polar surface area (TPSA) is 95.2 Å². The lowest BCUT2D eigenvalue weighted by atomic mass is 9.89. The molecule has 0 aliphatic carbocycles. The van der Waals surface area contributed by atoms with Crippen molar-refractivity contribution >= 4 is 11.5 Å². The molecule has 2 atom stereocenters. The van der Waals surface area contributed by atoms with Crippen LogP contribution < -0.4 is 4.90 Å². The molecule has 5 heterocycles. The molecular formula is C21H20F3N7O. The first-order chi connectivity index (χ1) is 15.3. The van der Waals surface area contributed by atoms with Gasteiger partial charge in [-0.15, -0.1) is 0 Å². The number of pyridine rings is 1. The van der Waals surface area contributed by atoms with Gasteiger partial charge in [0.05, 0.1) is 24.1 Å². The molecule has 32 heavy (non-hydrogen) atoms. The second-order valence-corrected chi connectivity index (χ2v) is 7.97. The fraction of sp³-hybridized carbons (Fsp3) is 0.333. The normalized spacial score (nSPS) is 19.6. The van der Waals surface area contributed by atoms with E-state index in [1.807, 2.05) is 11.8 Å². The first kappa shape index (κ1) is 20.4. The maximum Gasteiger partial charge on any atom is 0.417 e. The summed E-state index contributed by atoms with van der Waals surface area (Å²) in [6, 6.07) is 4.04. The Morgan fingerprint density at radius 3 is 2.72 bits per heavy atom. The lowest BCUT2D eigenvalue weighted by Crippen LogP contribution is -2.42. The third kappa shape index (κ3) is 3.68. The number of hydrogen-bond acceptors (Lipinski definition) is 6. The molecule has 5 rings (SSSR count). The van der Waals surface area contributed by atoms with Gasteiger partial charge < -0.3 is 10.0 Å². The number of aromatic amines is 1. The number of rotatable bonds is 3. The summed E-state index contributed by atoms with van der Waals surface area (Å²) in [6.45, 7) is 2.96. The summed E-state index contributed by atoms with van der Waals surface area (Å²) in [5.74, 6) is 0.910. The van der Waals surface area contributed by atoms with E-state index < -0.39 is 17.8 Å². The standard InChI is InChI=1S/C21H20F3N7O/c1-12-16(7-27-29-12)13-6-15(32)11-30(9-13)19-4-5-25-20(28-19)17-8-26-18-3-2-14(10-31(17)18)21(22,23)24/h2-5,7-8,10,13,15,32H,6,9,11H2,1H3,(H,27,29)/t13-,15-/m0/s1. The zero-order valence-electron chi connectivity index (χ0n) is 17.1. The fourth-order valence-corrected chi connectivity index (χ4v) is 4.22. The molecule has 0 amide bonds. The number of aliphatic hydroxyl groups excluding tert-OH is 1. The summed E-state index contributed by atoms with van der Waals surface area (Å²) in [4.78, 5) is 15.0. The molecule has 0 unspecified atom stereocenters. The van der Waals surface area contributed by atoms with Crippen LogP contribution in [0.15, 0.2) is 43.0 Å². The van der Waals surface area contributed by atoms with Crippen molar-refractivity contribution in [3.05, 3.63) is 59.8 Å². The number of hydrogen-bond donors (Lipinski definition) is 2. The smallest absolute Gasteiger partial charge is 0.391 e. The van der Waals surface area contributed by atoms with E-state index in [9.17, 15) is 18.3 Å². The maximum absolute atomic E-state index is 13.2. The maximum atomic E-state index is 13.2. The Morgan fingerprint density at radius 2 is 1.97 bits per heavy atom. The van der Waals surface area contributed by atoms with Crippen molar-refractivity contribution in [1.29, 1.82) is 0 Å². The lowest BCUT2D eigenvalue weighted by molar-refractivity contribution is -0.137. The number of piperidine rings is 1. The van der Waals surface area contributed by atoms with Crippen LogP contribution in [-0.2, 0) is 6.18 Å². The minimum atomic E-state index is -4.47. The SMILES string of the molecule is Cc1[nH]ncc1[C@H]1C[C@H](O)CN(c2ccnc(-c3cnc4ccc(C(F)(F)F)cn34)n2)C1. The van der Waals surface area contributed by atoms with Gasteiger partial charge in [-0.2, -0.15) is 18.3 Å². The molecule has 166 valence electrons. The van der Waals surface area contributed by atoms with E-state index in [2.05, 4.69) is 25.1 Å². The summed E-state index contributed by atoms with van der Waals surface area (Å²) in [6.07, 6.45) is 1.38. The van der Waals surface area contributed by atoms with Gasteiger partial charge in [-0.25, -0.2) is 15.0 Å². The van der Waals surface area contributed by atoms with Gasteiger partial charge in [0.2, 0.25) is 0 Å². The molecule has 2 N–H and O–H groups in total. The Labute approximate surface area is 180 Å². The molecule has 1 fully saturated rings. The number of anilines is 1. The number of nitrogens with zero attached hydrogens (tertiary/aromatic N) is 6. The zero-order valence-corrected chi connectivity index (χ0v) is 17.1. The zero-order chi connectivity index (χ0) is 22.5. The molecule has 4 aromatic rings. The summed E-state index contributed by atoms with van der Waals surface area (Å²) < 4.78 is 40.9. The highest BCUT2D eigenvalue weighted by Gasteiger charge is 2.32. The Balaban J connectivity index is 1.49. The second-order valence-electron chi connectivity index (χ2n) is 7.97. The van der Waals surface area contributed by atoms with Crippen molar-refractivity contribution in [2.75, 3.05) is 18.0 Å². The number of aryl methyl sites for hydroxylation is 1. The number of aromatic nitrogens is 6. The van der Waals surface area contributed by atoms with Crippen LogP contribution in [0.1, 0.15) is 29.2 Å². The van der Waals surface area contributed by atoms with Gasteiger partial charge >= 0.3 is 6.18 Å². The first-order valence-electron chi connectivity index (χ1n) is 10.1. The third-order valence-corrected chi connectivity index (χ3v) is 5.76. The molecule has 1 aliphatic heterocycles. The van der Waals surface area contributed by atoms with E-state index >= 15 is 0 Å². The molecule has 0 saturated carbocycles. The third-order valence-electron chi connectivity index (χ3n) is 5.76. The van der Waals surface area contributed by atoms with Crippen molar-refractivity contribution in [3.8, 4) is 11.5 Å². The lowest BCUT2D eigenvalue weighted by Gasteiger charge is -2.36. The first-order valence-corrected chi connectivity index (χ1v) is 10.1. The van der Waals surface area contributed by atoms with Crippen LogP contribution in [0.25, 0.3) is 17.2 Å². The van der Waals surface area contributed by atoms with Gasteiger partial charge in [-0.3, -0.25) is 9.50 Å². The number of halogens is 3. The molecule has 1 saturated heterocycles. The molecule has 4 aromatic heterocycles. The van der Waals surface area contributed by atoms with Crippen LogP contribution in [-0.4, -0.2) is 53.9 Å². The molecule has 11 heteroatoms. The van der Waals surface area contributed by atoms with E-state index in [1.54, 1.807) is 18.5 Å². The largest absolute Gasteiger partial charge is 0.417 e. The van der Waals surface area contributed by atoms with Gasteiger partial charge in [0.25, 0.3) is 0 Å². The van der Waals surface area contributed by atoms with Gasteiger partial charge in [-0.1, -0.05) is 0 Å². The van der Waals surface area contributed by atoms with E-state index in [0.29, 0.717) is 36.7 Å². The van der Waals surface area contributed by atoms with E-state index in [-0.39, 0.29) is 11.7 Å². The predicted octanol–water partition coefficient (Wildman–Crippen LogP) is 3.20. The molecule has 0 spiro atoms. The quantitative estimate of drug-likeness (QED) is 0.505. The Bertz CT molecular complexity index is 1270. The van der Waals surface area contributed by atoms with Crippen LogP contribution in [0.3, 0.4) is 0 Å². The van der Waals surface area contributed by atoms with Crippen LogP contribution in [0.4, 0.5) is 19.0 Å². The number of β-amino-alcohol motifs (C(OH)–C–C–N with tert-alkyl or cyclic N) is 1. The van der Waals surface area contributed by atoms with Gasteiger partial charge in [0.1, 0.15) is 17.2 Å². The fourth-order valence-electron chi connectivity index (χ4n) is 4.22. The monoisotopic (exact) mass is 443 g/mol. The number of alkyl halides is 3. The van der Waals surface area contributed by atoms with Gasteiger partial charge in [-0.05, 0) is 37.1 Å². The van der Waals surface area contributed by atoms with E-state index in [1.165, 1.54) is 16.7 Å². The van der Waals surface area contributed by atoms with E-state index in [0.717, 1.165) is 23.5 Å². The average molecular weight is 443 g/mol. The average Bonchev–Trinajstić information content (AvgIpc) is 3.38. The van der Waals surface area contributed by atoms with Crippen molar-refractivity contribution in [1.82, 2.24) is 29.5 Å². The minimum absolute atomic E-state index is 0.0704. The molecule has 1 aliphatic rings. The van der Waals surface area contributed by atoms with Crippen molar-refractivity contribution in [3.63, 3.8) is 0 Å². The number of aliphatic hydroxyl groups is 1. The van der Waals surface area contributed by atoms with Gasteiger partial charge in [0.15, 0.2) is 5.82 Å². The highest BCUT2D eigenvalue weighted by atomic mass is 19.4. The number of fused-ring (bicyclic) bond motifs is 1. The van der Waals surface area contributed by atoms with Gasteiger partial charge in [0, 0.05) is 37.1 Å². The van der Waals surface area contributed by atoms with Crippen LogP contribution in [0.5, 0.6) is 0 Å². The van der Waals surface area contributed by atoms with Crippen LogP contribution >= 0.6 is 0 Å². The Kier molecular flexibility index (Phi) is 4.85. The molecule has 0 radical (unpaired) electrons. The highest BCUT2D eigenvalue weighted by Crippen LogP contribution is 2.32. The van der Waals surface area contributed by atoms with Crippen molar-refractivity contribution in [2.24, 2.45) is 0 Å². The molecule has 8 nitrogen and oxygen atoms in total. The summed E-state index contributed by atoms with van der Waals surface area (Å²) in [5.41, 5.74) is 1.94. The van der Waals surface area contributed by atoms with Crippen LogP contribution in [0, 0.1) is 6.92 Å². The predicted molar refractivity (Wildman–Crippen MR) is 110 cm³/mol. The Hall–Kier alpha value is -3.47. The minimum Gasteiger partial charge on any atom is -0.391 e. The highest BCUT2D eigenvalue weighted by molar-refractivity contribution is 5.59. The summed E-state index contributed by atoms with van der Waals surface area (Å²) in [5, 5.41) is 17.5. The Morgan fingerprint density at radius 1 is 1.12 bits per heavy atom. The number of imidazole rings is 1. The molecular weight excluding hydrogens is 423 g/mol. The number of nitrogens with one attached hydrogen (secondary N) is 1. The van der Waals surface area contributed by atoms with Crippen molar-refractivity contribution < 1.29 is 18.3 Å². The van der Waals surface area contributed by atoms with E-state index in [4.69, 9.17) is 0 Å². The molecule has 0 aromatic carbocycles. The van der Waals surface area contributed by atoms with Crippen LogP contribution in [0.2, 0.25) is 0 Å². The van der Waals surface area contributed by atoms with Crippen molar-refractivity contribution in [2.45, 2.75) is 31.5 Å². The number of H-pyrrole nitrogens is 1. The second kappa shape index (κ2) is 7.59.